The van der Waals surface area contributed by atoms with Crippen LogP contribution in [-0.2, 0) is 0 Å². The molecule has 0 atom stereocenters. The maximum absolute atomic E-state index is 5.65. The van der Waals surface area contributed by atoms with Gasteiger partial charge in [-0.05, 0) is 50.6 Å². The van der Waals surface area contributed by atoms with E-state index >= 15 is 0 Å². The molecule has 0 unspecified atom stereocenters. The Labute approximate surface area is 135 Å². The minimum atomic E-state index is 0.581. The molecule has 0 amide bonds. The predicted molar refractivity (Wildman–Crippen MR) is 90.8 cm³/mol. The van der Waals surface area contributed by atoms with Crippen molar-refractivity contribution in [1.82, 2.24) is 20.4 Å². The minimum Gasteiger partial charge on any atom is -0.382 e. The van der Waals surface area contributed by atoms with Crippen molar-refractivity contribution in [2.45, 2.75) is 31.7 Å². The molecule has 3 aromatic rings. The van der Waals surface area contributed by atoms with E-state index in [0.717, 1.165) is 49.0 Å². The summed E-state index contributed by atoms with van der Waals surface area (Å²) in [6.07, 6.45) is 4.48. The number of aromatic amines is 1. The Bertz CT molecular complexity index is 853. The first-order valence-corrected chi connectivity index (χ1v) is 8.61. The van der Waals surface area contributed by atoms with Gasteiger partial charge in [-0.15, -0.1) is 0 Å². The molecule has 2 saturated heterocycles. The highest BCUT2D eigenvalue weighted by atomic mass is 16.5. The van der Waals surface area contributed by atoms with Crippen LogP contribution in [0.2, 0.25) is 0 Å². The zero-order valence-electron chi connectivity index (χ0n) is 13.4. The van der Waals surface area contributed by atoms with E-state index in [0.29, 0.717) is 5.92 Å². The molecule has 5 nitrogen and oxygen atoms in total. The second-order valence-corrected chi connectivity index (χ2v) is 7.01. The SMILES string of the molecule is Cc1[nH]oc2cc(C3CN(C4CCNCC4)C3)c3nccc3c12. The zero-order chi connectivity index (χ0) is 15.4. The Balaban J connectivity index is 1.47. The number of likely N-dealkylation sites (tertiary alicyclic amines) is 1. The normalized spacial score (nSPS) is 21.3. The van der Waals surface area contributed by atoms with E-state index in [-0.39, 0.29) is 0 Å². The van der Waals surface area contributed by atoms with Gasteiger partial charge in [0.05, 0.1) is 16.6 Å². The van der Waals surface area contributed by atoms with E-state index < -0.39 is 0 Å². The topological polar surface area (TPSA) is 57.1 Å². The summed E-state index contributed by atoms with van der Waals surface area (Å²) < 4.78 is 5.65. The second kappa shape index (κ2) is 5.08. The summed E-state index contributed by atoms with van der Waals surface area (Å²) >= 11 is 0. The van der Waals surface area contributed by atoms with Crippen molar-refractivity contribution in [3.05, 3.63) is 29.6 Å². The molecule has 120 valence electrons. The fourth-order valence-electron chi connectivity index (χ4n) is 4.32. The Kier molecular flexibility index (Phi) is 3.00. The number of benzene rings is 1. The van der Waals surface area contributed by atoms with E-state index in [1.54, 1.807) is 0 Å². The van der Waals surface area contributed by atoms with Crippen molar-refractivity contribution in [3.8, 4) is 0 Å². The van der Waals surface area contributed by atoms with Gasteiger partial charge >= 0.3 is 0 Å². The molecular weight excluding hydrogens is 288 g/mol. The fourth-order valence-corrected chi connectivity index (χ4v) is 4.32. The molecule has 2 aliphatic rings. The van der Waals surface area contributed by atoms with Crippen LogP contribution in [0.1, 0.15) is 30.0 Å². The maximum atomic E-state index is 5.65. The molecule has 4 heterocycles. The third-order valence-electron chi connectivity index (χ3n) is 5.64. The van der Waals surface area contributed by atoms with Crippen molar-refractivity contribution >= 4 is 21.9 Å². The smallest absolute Gasteiger partial charge is 0.165 e. The average Bonchev–Trinajstić information content (AvgIpc) is 3.14. The fraction of sp³-hybridized carbons (Fsp3) is 0.500. The number of piperidine rings is 1. The summed E-state index contributed by atoms with van der Waals surface area (Å²) in [5.41, 5.74) is 4.55. The first-order chi connectivity index (χ1) is 11.3. The van der Waals surface area contributed by atoms with Crippen molar-refractivity contribution in [3.63, 3.8) is 0 Å². The largest absolute Gasteiger partial charge is 0.382 e. The van der Waals surface area contributed by atoms with Gasteiger partial charge in [0.25, 0.3) is 0 Å². The van der Waals surface area contributed by atoms with Crippen LogP contribution in [0.3, 0.4) is 0 Å². The Morgan fingerprint density at radius 1 is 1.26 bits per heavy atom. The Morgan fingerprint density at radius 2 is 2.09 bits per heavy atom. The Hall–Kier alpha value is -1.85. The van der Waals surface area contributed by atoms with Crippen molar-refractivity contribution in [1.29, 1.82) is 0 Å². The lowest BCUT2D eigenvalue weighted by molar-refractivity contribution is 0.0734. The molecule has 0 bridgehead atoms. The monoisotopic (exact) mass is 310 g/mol. The first-order valence-electron chi connectivity index (χ1n) is 8.61. The molecular formula is C18H22N4O. The number of H-pyrrole nitrogens is 1. The molecule has 5 heteroatoms. The van der Waals surface area contributed by atoms with Crippen LogP contribution in [0.4, 0.5) is 0 Å². The predicted octanol–water partition coefficient (Wildman–Crippen LogP) is 2.77. The summed E-state index contributed by atoms with van der Waals surface area (Å²) in [4.78, 5) is 7.29. The molecule has 0 aliphatic carbocycles. The molecule has 1 aromatic carbocycles. The Morgan fingerprint density at radius 3 is 2.91 bits per heavy atom. The first kappa shape index (κ1) is 13.6. The number of nitrogens with one attached hydrogen (secondary N) is 2. The molecule has 2 N–H and O–H groups in total. The van der Waals surface area contributed by atoms with Gasteiger partial charge in [-0.3, -0.25) is 9.88 Å². The lowest BCUT2D eigenvalue weighted by Crippen LogP contribution is -2.53. The van der Waals surface area contributed by atoms with Gasteiger partial charge in [0.2, 0.25) is 0 Å². The van der Waals surface area contributed by atoms with Gasteiger partial charge in [-0.1, -0.05) is 0 Å². The quantitative estimate of drug-likeness (QED) is 0.764. The molecule has 2 aliphatic heterocycles. The standard InChI is InChI=1S/C18H22N4O/c1-11-17-14-4-7-20-18(14)15(8-16(17)23-21-11)12-9-22(10-12)13-2-5-19-6-3-13/h4,7-8,12-13,19,21H,2-3,5-6,9-10H2,1H3. The number of hydrogen-bond donors (Lipinski definition) is 2. The van der Waals surface area contributed by atoms with Crippen LogP contribution in [0.15, 0.2) is 22.9 Å². The van der Waals surface area contributed by atoms with Gasteiger partial charge < -0.3 is 9.84 Å². The maximum Gasteiger partial charge on any atom is 0.165 e. The molecule has 2 aromatic heterocycles. The number of rotatable bonds is 2. The average molecular weight is 310 g/mol. The van der Waals surface area contributed by atoms with Crippen molar-refractivity contribution in [2.24, 2.45) is 0 Å². The van der Waals surface area contributed by atoms with E-state index in [1.807, 2.05) is 6.20 Å². The molecule has 0 radical (unpaired) electrons. The highest BCUT2D eigenvalue weighted by Crippen LogP contribution is 2.38. The molecule has 23 heavy (non-hydrogen) atoms. The molecule has 0 spiro atoms. The van der Waals surface area contributed by atoms with Gasteiger partial charge in [-0.2, -0.15) is 0 Å². The van der Waals surface area contributed by atoms with Crippen LogP contribution >= 0.6 is 0 Å². The van der Waals surface area contributed by atoms with Crippen LogP contribution in [0, 0.1) is 6.92 Å². The molecule has 5 rings (SSSR count). The lowest BCUT2D eigenvalue weighted by atomic mass is 9.86. The van der Waals surface area contributed by atoms with Gasteiger partial charge in [-0.25, -0.2) is 5.16 Å². The highest BCUT2D eigenvalue weighted by molar-refractivity contribution is 6.07. The van der Waals surface area contributed by atoms with E-state index in [9.17, 15) is 0 Å². The third-order valence-corrected chi connectivity index (χ3v) is 5.64. The van der Waals surface area contributed by atoms with Gasteiger partial charge in [0.15, 0.2) is 5.58 Å². The van der Waals surface area contributed by atoms with Crippen LogP contribution < -0.4 is 5.32 Å². The minimum absolute atomic E-state index is 0.581. The number of hydrogen-bond acceptors (Lipinski definition) is 4. The zero-order valence-corrected chi connectivity index (χ0v) is 13.4. The summed E-state index contributed by atoms with van der Waals surface area (Å²) in [5, 5.41) is 8.85. The third kappa shape index (κ3) is 2.03. The molecule has 2 fully saturated rings. The second-order valence-electron chi connectivity index (χ2n) is 7.01. The van der Waals surface area contributed by atoms with Crippen LogP contribution in [-0.4, -0.2) is 47.3 Å². The van der Waals surface area contributed by atoms with Gasteiger partial charge in [0, 0.05) is 36.6 Å². The van der Waals surface area contributed by atoms with E-state index in [2.05, 4.69) is 39.4 Å². The summed E-state index contributed by atoms with van der Waals surface area (Å²) in [5.74, 6) is 0.581. The lowest BCUT2D eigenvalue weighted by Gasteiger charge is -2.46. The summed E-state index contributed by atoms with van der Waals surface area (Å²) in [7, 11) is 0. The van der Waals surface area contributed by atoms with Crippen molar-refractivity contribution in [2.75, 3.05) is 26.2 Å². The van der Waals surface area contributed by atoms with E-state index in [1.165, 1.54) is 29.2 Å². The highest BCUT2D eigenvalue weighted by Gasteiger charge is 2.35. The van der Waals surface area contributed by atoms with Crippen LogP contribution in [0.25, 0.3) is 21.9 Å². The number of nitrogens with zero attached hydrogens (tertiary/aromatic N) is 2. The van der Waals surface area contributed by atoms with E-state index in [4.69, 9.17) is 4.52 Å². The number of aromatic nitrogens is 2. The number of aryl methyl sites for hydroxylation is 1. The number of fused-ring (bicyclic) bond motifs is 3. The van der Waals surface area contributed by atoms with Gasteiger partial charge in [0.1, 0.15) is 0 Å². The van der Waals surface area contributed by atoms with Crippen molar-refractivity contribution < 1.29 is 4.52 Å². The summed E-state index contributed by atoms with van der Waals surface area (Å²) in [6, 6.07) is 5.08. The molecule has 0 saturated carbocycles. The van der Waals surface area contributed by atoms with Crippen LogP contribution in [0.5, 0.6) is 0 Å². The summed E-state index contributed by atoms with van der Waals surface area (Å²) in [6.45, 7) is 6.69.